The number of pyridine rings is 1. The molecule has 122 valence electrons. The van der Waals surface area contributed by atoms with Crippen molar-refractivity contribution in [2.75, 3.05) is 0 Å². The second kappa shape index (κ2) is 5.87. The number of nitrogens with one attached hydrogen (secondary N) is 1. The molecule has 0 atom stereocenters. The summed E-state index contributed by atoms with van der Waals surface area (Å²) in [4.78, 5) is 4.22. The van der Waals surface area contributed by atoms with Gasteiger partial charge in [-0.3, -0.25) is 9.50 Å². The summed E-state index contributed by atoms with van der Waals surface area (Å²) in [5.41, 5.74) is 5.64. The van der Waals surface area contributed by atoms with Crippen LogP contribution in [0.4, 0.5) is 4.39 Å². The van der Waals surface area contributed by atoms with Crippen molar-refractivity contribution in [1.29, 1.82) is 5.26 Å². The Labute approximate surface area is 143 Å². The SMILES string of the molecule is CCc1[nH]nc(-c2ccc(F)cc2)c1-c1ccc2ncc(C#N)n2c1. The summed E-state index contributed by atoms with van der Waals surface area (Å²) in [6.07, 6.45) is 4.21. The van der Waals surface area contributed by atoms with Crippen LogP contribution in [0.15, 0.2) is 48.8 Å². The Balaban J connectivity index is 1.94. The van der Waals surface area contributed by atoms with Gasteiger partial charge in [0.1, 0.15) is 28.9 Å². The van der Waals surface area contributed by atoms with E-state index in [2.05, 4.69) is 21.3 Å². The fourth-order valence-electron chi connectivity index (χ4n) is 2.97. The summed E-state index contributed by atoms with van der Waals surface area (Å²) in [5.74, 6) is -0.282. The summed E-state index contributed by atoms with van der Waals surface area (Å²) in [5, 5.41) is 16.7. The first-order chi connectivity index (χ1) is 12.2. The van der Waals surface area contributed by atoms with Crippen LogP contribution in [-0.2, 0) is 6.42 Å². The van der Waals surface area contributed by atoms with Gasteiger partial charge in [0, 0.05) is 28.6 Å². The van der Waals surface area contributed by atoms with Crippen molar-refractivity contribution in [2.24, 2.45) is 0 Å². The third-order valence-corrected chi connectivity index (χ3v) is 4.22. The molecule has 0 bridgehead atoms. The molecule has 5 nitrogen and oxygen atoms in total. The highest BCUT2D eigenvalue weighted by Gasteiger charge is 2.17. The van der Waals surface area contributed by atoms with E-state index in [1.807, 2.05) is 25.3 Å². The van der Waals surface area contributed by atoms with Crippen LogP contribution in [0.2, 0.25) is 0 Å². The maximum absolute atomic E-state index is 13.3. The van der Waals surface area contributed by atoms with Crippen LogP contribution in [0.5, 0.6) is 0 Å². The van der Waals surface area contributed by atoms with Gasteiger partial charge in [0.25, 0.3) is 0 Å². The molecule has 0 saturated heterocycles. The quantitative estimate of drug-likeness (QED) is 0.617. The number of aryl methyl sites for hydroxylation is 1. The first-order valence-corrected chi connectivity index (χ1v) is 7.92. The van der Waals surface area contributed by atoms with Crippen molar-refractivity contribution in [1.82, 2.24) is 19.6 Å². The standard InChI is InChI=1S/C19H14FN5/c1-2-16-18(19(24-23-16)12-3-6-14(20)7-4-12)13-5-8-17-22-10-15(9-21)25(17)11-13/h3-8,10-11H,2H2,1H3,(H,23,24). The molecule has 0 aliphatic rings. The topological polar surface area (TPSA) is 69.8 Å². The second-order valence-corrected chi connectivity index (χ2v) is 5.69. The molecular weight excluding hydrogens is 317 g/mol. The first kappa shape index (κ1) is 15.1. The van der Waals surface area contributed by atoms with Gasteiger partial charge in [0.2, 0.25) is 0 Å². The number of benzene rings is 1. The van der Waals surface area contributed by atoms with E-state index in [-0.39, 0.29) is 5.82 Å². The number of aromatic nitrogens is 4. The molecule has 1 N–H and O–H groups in total. The lowest BCUT2D eigenvalue weighted by molar-refractivity contribution is 0.628. The van der Waals surface area contributed by atoms with Crippen LogP contribution in [-0.4, -0.2) is 19.6 Å². The van der Waals surface area contributed by atoms with Crippen molar-refractivity contribution in [3.63, 3.8) is 0 Å². The Morgan fingerprint density at radius 3 is 2.64 bits per heavy atom. The number of nitriles is 1. The molecule has 3 heterocycles. The normalized spacial score (nSPS) is 10.9. The molecule has 0 aliphatic carbocycles. The van der Waals surface area contributed by atoms with Crippen LogP contribution in [0.3, 0.4) is 0 Å². The van der Waals surface area contributed by atoms with E-state index in [1.165, 1.54) is 12.1 Å². The fourth-order valence-corrected chi connectivity index (χ4v) is 2.97. The molecule has 0 amide bonds. The number of rotatable bonds is 3. The van der Waals surface area contributed by atoms with E-state index < -0.39 is 0 Å². The summed E-state index contributed by atoms with van der Waals surface area (Å²) < 4.78 is 15.0. The molecule has 1 aromatic carbocycles. The first-order valence-electron chi connectivity index (χ1n) is 7.92. The summed E-state index contributed by atoms with van der Waals surface area (Å²) in [6, 6.07) is 12.2. The maximum atomic E-state index is 13.3. The van der Waals surface area contributed by atoms with Crippen molar-refractivity contribution in [3.05, 3.63) is 66.0 Å². The van der Waals surface area contributed by atoms with E-state index in [0.717, 1.165) is 34.5 Å². The monoisotopic (exact) mass is 331 g/mol. The molecule has 0 saturated carbocycles. The maximum Gasteiger partial charge on any atom is 0.144 e. The smallest absolute Gasteiger partial charge is 0.144 e. The Hall–Kier alpha value is -3.46. The highest BCUT2D eigenvalue weighted by Crippen LogP contribution is 2.33. The third kappa shape index (κ3) is 2.46. The van der Waals surface area contributed by atoms with Gasteiger partial charge in [-0.05, 0) is 42.8 Å². The number of hydrogen-bond acceptors (Lipinski definition) is 3. The molecule has 4 aromatic rings. The summed E-state index contributed by atoms with van der Waals surface area (Å²) in [6.45, 7) is 2.04. The fraction of sp³-hybridized carbons (Fsp3) is 0.105. The van der Waals surface area contributed by atoms with Crippen molar-refractivity contribution < 1.29 is 4.39 Å². The molecule has 4 rings (SSSR count). The van der Waals surface area contributed by atoms with E-state index in [1.54, 1.807) is 22.7 Å². The van der Waals surface area contributed by atoms with E-state index in [9.17, 15) is 9.65 Å². The number of hydrogen-bond donors (Lipinski definition) is 1. The van der Waals surface area contributed by atoms with Crippen LogP contribution < -0.4 is 0 Å². The molecule has 0 radical (unpaired) electrons. The molecular formula is C19H14FN5. The zero-order valence-electron chi connectivity index (χ0n) is 13.5. The van der Waals surface area contributed by atoms with Gasteiger partial charge in [-0.1, -0.05) is 6.92 Å². The Kier molecular flexibility index (Phi) is 3.55. The van der Waals surface area contributed by atoms with Gasteiger partial charge in [0.15, 0.2) is 0 Å². The minimum atomic E-state index is -0.282. The lowest BCUT2D eigenvalue weighted by atomic mass is 9.99. The lowest BCUT2D eigenvalue weighted by Gasteiger charge is -2.07. The van der Waals surface area contributed by atoms with E-state index in [4.69, 9.17) is 0 Å². The number of halogens is 1. The van der Waals surface area contributed by atoms with Gasteiger partial charge in [-0.2, -0.15) is 10.4 Å². The average molecular weight is 331 g/mol. The number of imidazole rings is 1. The van der Waals surface area contributed by atoms with Crippen LogP contribution in [0, 0.1) is 17.1 Å². The molecule has 0 spiro atoms. The van der Waals surface area contributed by atoms with Crippen molar-refractivity contribution >= 4 is 5.65 Å². The predicted octanol–water partition coefficient (Wildman–Crippen LogP) is 3.96. The zero-order valence-corrected chi connectivity index (χ0v) is 13.5. The van der Waals surface area contributed by atoms with Crippen molar-refractivity contribution in [2.45, 2.75) is 13.3 Å². The number of nitrogens with zero attached hydrogens (tertiary/aromatic N) is 4. The van der Waals surface area contributed by atoms with Gasteiger partial charge >= 0.3 is 0 Å². The molecule has 25 heavy (non-hydrogen) atoms. The van der Waals surface area contributed by atoms with E-state index in [0.29, 0.717) is 11.3 Å². The Morgan fingerprint density at radius 1 is 1.16 bits per heavy atom. The number of fused-ring (bicyclic) bond motifs is 1. The summed E-state index contributed by atoms with van der Waals surface area (Å²) in [7, 11) is 0. The van der Waals surface area contributed by atoms with Crippen molar-refractivity contribution in [3.8, 4) is 28.5 Å². The van der Waals surface area contributed by atoms with E-state index >= 15 is 0 Å². The largest absolute Gasteiger partial charge is 0.291 e. The third-order valence-electron chi connectivity index (χ3n) is 4.22. The minimum absolute atomic E-state index is 0.282. The second-order valence-electron chi connectivity index (χ2n) is 5.69. The lowest BCUT2D eigenvalue weighted by Crippen LogP contribution is -1.92. The van der Waals surface area contributed by atoms with Gasteiger partial charge < -0.3 is 0 Å². The molecule has 0 fully saturated rings. The average Bonchev–Trinajstić information content (AvgIpc) is 3.25. The van der Waals surface area contributed by atoms with Gasteiger partial charge in [0.05, 0.1) is 6.20 Å². The summed E-state index contributed by atoms with van der Waals surface area (Å²) >= 11 is 0. The predicted molar refractivity (Wildman–Crippen MR) is 92.3 cm³/mol. The molecule has 3 aromatic heterocycles. The van der Waals surface area contributed by atoms with Crippen LogP contribution >= 0.6 is 0 Å². The molecule has 6 heteroatoms. The van der Waals surface area contributed by atoms with Gasteiger partial charge in [-0.15, -0.1) is 0 Å². The molecule has 0 unspecified atom stereocenters. The Bertz CT molecular complexity index is 1100. The minimum Gasteiger partial charge on any atom is -0.291 e. The Morgan fingerprint density at radius 2 is 1.92 bits per heavy atom. The highest BCUT2D eigenvalue weighted by atomic mass is 19.1. The number of aromatic amines is 1. The number of H-pyrrole nitrogens is 1. The highest BCUT2D eigenvalue weighted by molar-refractivity contribution is 5.82. The zero-order chi connectivity index (χ0) is 17.4. The molecule has 0 aliphatic heterocycles. The van der Waals surface area contributed by atoms with Crippen LogP contribution in [0.1, 0.15) is 18.3 Å². The van der Waals surface area contributed by atoms with Gasteiger partial charge in [-0.25, -0.2) is 9.37 Å². The van der Waals surface area contributed by atoms with Crippen LogP contribution in [0.25, 0.3) is 28.0 Å².